The number of benzene rings is 1. The van der Waals surface area contributed by atoms with Crippen molar-refractivity contribution in [3.05, 3.63) is 46.9 Å². The van der Waals surface area contributed by atoms with Gasteiger partial charge in [0.2, 0.25) is 5.91 Å². The highest BCUT2D eigenvalue weighted by Gasteiger charge is 2.27. The van der Waals surface area contributed by atoms with E-state index in [1.54, 1.807) is 6.08 Å². The molecule has 22 heavy (non-hydrogen) atoms. The summed E-state index contributed by atoms with van der Waals surface area (Å²) in [6, 6.07) is 8.11. The van der Waals surface area contributed by atoms with Crippen molar-refractivity contribution in [2.45, 2.75) is 39.2 Å². The van der Waals surface area contributed by atoms with E-state index in [2.05, 4.69) is 24.4 Å². The summed E-state index contributed by atoms with van der Waals surface area (Å²) in [5.41, 5.74) is 2.04. The predicted molar refractivity (Wildman–Crippen MR) is 88.1 cm³/mol. The minimum atomic E-state index is -3.10. The van der Waals surface area contributed by atoms with Gasteiger partial charge < -0.3 is 5.32 Å². The highest BCUT2D eigenvalue weighted by atomic mass is 32.2. The Bertz CT molecular complexity index is 690. The summed E-state index contributed by atoms with van der Waals surface area (Å²) in [4.78, 5) is 12.2. The van der Waals surface area contributed by atoms with Crippen LogP contribution in [0.25, 0.3) is 0 Å². The fourth-order valence-electron chi connectivity index (χ4n) is 2.76. The highest BCUT2D eigenvalue weighted by Crippen LogP contribution is 2.20. The molecule has 0 spiro atoms. The summed E-state index contributed by atoms with van der Waals surface area (Å²) in [6.45, 7) is 6.03. The van der Waals surface area contributed by atoms with Crippen molar-refractivity contribution in [2.75, 3.05) is 5.75 Å². The number of rotatable bonds is 5. The van der Waals surface area contributed by atoms with Gasteiger partial charge in [-0.2, -0.15) is 0 Å². The van der Waals surface area contributed by atoms with Crippen LogP contribution in [-0.2, 0) is 21.1 Å². The maximum absolute atomic E-state index is 12.2. The van der Waals surface area contributed by atoms with E-state index in [4.69, 9.17) is 0 Å². The van der Waals surface area contributed by atoms with Crippen LogP contribution in [0.3, 0.4) is 0 Å². The van der Waals surface area contributed by atoms with E-state index < -0.39 is 9.84 Å². The number of carbonyl (C=O) groups is 1. The molecule has 0 saturated carbocycles. The van der Waals surface area contributed by atoms with Gasteiger partial charge in [0.05, 0.1) is 5.75 Å². The summed E-state index contributed by atoms with van der Waals surface area (Å²) in [6.07, 6.45) is 2.57. The number of carbonyl (C=O) groups excluding carboxylic acids is 1. The van der Waals surface area contributed by atoms with E-state index in [9.17, 15) is 13.2 Å². The molecule has 0 fully saturated rings. The Labute approximate surface area is 132 Å². The van der Waals surface area contributed by atoms with Crippen LogP contribution in [0, 0.1) is 12.8 Å². The third-order valence-electron chi connectivity index (χ3n) is 3.82. The number of sulfone groups is 1. The quantitative estimate of drug-likeness (QED) is 0.905. The number of hydrogen-bond acceptors (Lipinski definition) is 3. The second-order valence-corrected chi connectivity index (χ2v) is 8.59. The zero-order valence-corrected chi connectivity index (χ0v) is 14.1. The van der Waals surface area contributed by atoms with Crippen molar-refractivity contribution >= 4 is 15.7 Å². The van der Waals surface area contributed by atoms with Crippen molar-refractivity contribution in [2.24, 2.45) is 5.92 Å². The summed E-state index contributed by atoms with van der Waals surface area (Å²) < 4.78 is 22.7. The third-order valence-corrected chi connectivity index (χ3v) is 5.29. The number of aryl methyl sites for hydroxylation is 1. The van der Waals surface area contributed by atoms with Gasteiger partial charge in [0.25, 0.3) is 0 Å². The summed E-state index contributed by atoms with van der Waals surface area (Å²) >= 11 is 0. The minimum Gasteiger partial charge on any atom is -0.351 e. The standard InChI is InChI=1S/C17H23NO3S/c1-13-6-4-5-7-15(13)11-17(2,3)18-16(19)10-14-8-9-22(20,21)12-14/h4-9,14H,10-12H2,1-3H3,(H,18,19)/t14-/m0/s1. The van der Waals surface area contributed by atoms with Crippen molar-refractivity contribution in [3.8, 4) is 0 Å². The van der Waals surface area contributed by atoms with Crippen LogP contribution in [0.5, 0.6) is 0 Å². The van der Waals surface area contributed by atoms with Gasteiger partial charge in [-0.1, -0.05) is 30.3 Å². The molecule has 0 aliphatic carbocycles. The van der Waals surface area contributed by atoms with Crippen LogP contribution < -0.4 is 5.32 Å². The number of nitrogens with one attached hydrogen (secondary N) is 1. The number of amides is 1. The normalized spacial score (nSPS) is 20.0. The first-order chi connectivity index (χ1) is 10.2. The molecule has 1 N–H and O–H groups in total. The molecule has 0 bridgehead atoms. The predicted octanol–water partition coefficient (Wildman–Crippen LogP) is 2.38. The van der Waals surface area contributed by atoms with Gasteiger partial charge in [-0.05, 0) is 38.3 Å². The van der Waals surface area contributed by atoms with Crippen molar-refractivity contribution in [1.82, 2.24) is 5.32 Å². The van der Waals surface area contributed by atoms with Gasteiger partial charge in [-0.25, -0.2) is 8.42 Å². The summed E-state index contributed by atoms with van der Waals surface area (Å²) in [5, 5.41) is 4.23. The molecular formula is C17H23NO3S. The van der Waals surface area contributed by atoms with E-state index in [-0.39, 0.29) is 29.5 Å². The summed E-state index contributed by atoms with van der Waals surface area (Å²) in [5.74, 6) is -0.275. The first kappa shape index (κ1) is 16.7. The van der Waals surface area contributed by atoms with Gasteiger partial charge >= 0.3 is 0 Å². The lowest BCUT2D eigenvalue weighted by Gasteiger charge is -2.27. The van der Waals surface area contributed by atoms with E-state index in [0.29, 0.717) is 0 Å². The number of hydrogen-bond donors (Lipinski definition) is 1. The Morgan fingerprint density at radius 1 is 1.32 bits per heavy atom. The lowest BCUT2D eigenvalue weighted by atomic mass is 9.92. The first-order valence-corrected chi connectivity index (χ1v) is 9.15. The van der Waals surface area contributed by atoms with Crippen LogP contribution in [0.15, 0.2) is 35.7 Å². The molecule has 0 radical (unpaired) electrons. The molecule has 1 amide bonds. The van der Waals surface area contributed by atoms with Crippen LogP contribution in [0.4, 0.5) is 0 Å². The summed E-state index contributed by atoms with van der Waals surface area (Å²) in [7, 11) is -3.10. The molecule has 1 aliphatic heterocycles. The lowest BCUT2D eigenvalue weighted by molar-refractivity contribution is -0.123. The maximum atomic E-state index is 12.2. The number of allylic oxidation sites excluding steroid dienone is 1. The molecule has 0 saturated heterocycles. The molecule has 1 atom stereocenters. The molecule has 1 aromatic carbocycles. The van der Waals surface area contributed by atoms with Crippen molar-refractivity contribution in [3.63, 3.8) is 0 Å². The van der Waals surface area contributed by atoms with Gasteiger partial charge in [0, 0.05) is 23.3 Å². The van der Waals surface area contributed by atoms with Crippen LogP contribution >= 0.6 is 0 Å². The molecule has 0 unspecified atom stereocenters. The average molecular weight is 321 g/mol. The molecule has 4 nitrogen and oxygen atoms in total. The Morgan fingerprint density at radius 2 is 2.00 bits per heavy atom. The zero-order valence-electron chi connectivity index (χ0n) is 13.3. The van der Waals surface area contributed by atoms with Gasteiger partial charge in [-0.3, -0.25) is 4.79 Å². The Morgan fingerprint density at radius 3 is 2.59 bits per heavy atom. The molecule has 0 aromatic heterocycles. The van der Waals surface area contributed by atoms with E-state index in [0.717, 1.165) is 6.42 Å². The maximum Gasteiger partial charge on any atom is 0.221 e. The molecule has 1 aliphatic rings. The van der Waals surface area contributed by atoms with E-state index in [1.807, 2.05) is 26.0 Å². The fourth-order valence-corrected chi connectivity index (χ4v) is 4.16. The molecular weight excluding hydrogens is 298 g/mol. The fraction of sp³-hybridized carbons (Fsp3) is 0.471. The topological polar surface area (TPSA) is 63.2 Å². The molecule has 2 rings (SSSR count). The lowest BCUT2D eigenvalue weighted by Crippen LogP contribution is -2.45. The molecule has 5 heteroatoms. The minimum absolute atomic E-state index is 0.0403. The van der Waals surface area contributed by atoms with Crippen molar-refractivity contribution in [1.29, 1.82) is 0 Å². The SMILES string of the molecule is Cc1ccccc1CC(C)(C)NC(=O)C[C@@H]1C=CS(=O)(=O)C1. The van der Waals surface area contributed by atoms with Crippen LogP contribution in [0.1, 0.15) is 31.4 Å². The highest BCUT2D eigenvalue weighted by molar-refractivity contribution is 7.94. The van der Waals surface area contributed by atoms with Crippen LogP contribution in [-0.4, -0.2) is 25.6 Å². The Kier molecular flexibility index (Phi) is 4.75. The Balaban J connectivity index is 1.93. The van der Waals surface area contributed by atoms with E-state index >= 15 is 0 Å². The molecule has 120 valence electrons. The second-order valence-electron chi connectivity index (χ2n) is 6.66. The largest absolute Gasteiger partial charge is 0.351 e. The van der Waals surface area contributed by atoms with E-state index in [1.165, 1.54) is 16.5 Å². The van der Waals surface area contributed by atoms with Gasteiger partial charge in [0.1, 0.15) is 0 Å². The second kappa shape index (κ2) is 6.24. The molecule has 1 heterocycles. The van der Waals surface area contributed by atoms with Crippen molar-refractivity contribution < 1.29 is 13.2 Å². The molecule has 1 aromatic rings. The van der Waals surface area contributed by atoms with Gasteiger partial charge in [0.15, 0.2) is 9.84 Å². The smallest absolute Gasteiger partial charge is 0.221 e. The van der Waals surface area contributed by atoms with Gasteiger partial charge in [-0.15, -0.1) is 0 Å². The Hall–Kier alpha value is -1.62. The van der Waals surface area contributed by atoms with Crippen LogP contribution in [0.2, 0.25) is 0 Å². The monoisotopic (exact) mass is 321 g/mol. The zero-order chi connectivity index (χ0) is 16.4. The average Bonchev–Trinajstić information content (AvgIpc) is 2.70. The third kappa shape index (κ3) is 4.70. The first-order valence-electron chi connectivity index (χ1n) is 7.43.